The van der Waals surface area contributed by atoms with Gasteiger partial charge in [-0.15, -0.1) is 11.8 Å². The van der Waals surface area contributed by atoms with E-state index >= 15 is 0 Å². The molecule has 1 aliphatic heterocycles. The van der Waals surface area contributed by atoms with Crippen molar-refractivity contribution in [2.75, 3.05) is 24.0 Å². The van der Waals surface area contributed by atoms with Crippen LogP contribution in [0.3, 0.4) is 0 Å². The van der Waals surface area contributed by atoms with Crippen LogP contribution in [-0.2, 0) is 9.53 Å². The Balaban J connectivity index is 1.84. The largest absolute Gasteiger partial charge is 0.465 e. The summed E-state index contributed by atoms with van der Waals surface area (Å²) in [5, 5.41) is 6.30. The predicted octanol–water partition coefficient (Wildman–Crippen LogP) is 5.13. The highest BCUT2D eigenvalue weighted by molar-refractivity contribution is 7.98. The number of nitrogens with one attached hydrogen (secondary N) is 2. The number of carbonyl (C=O) groups is 2. The lowest BCUT2D eigenvalue weighted by atomic mass is 9.99. The summed E-state index contributed by atoms with van der Waals surface area (Å²) in [5.74, 6) is -0.668. The third kappa shape index (κ3) is 3.82. The second-order valence-electron chi connectivity index (χ2n) is 6.68. The summed E-state index contributed by atoms with van der Waals surface area (Å²) in [4.78, 5) is 26.0. The van der Waals surface area contributed by atoms with Gasteiger partial charge in [-0.2, -0.15) is 0 Å². The maximum atomic E-state index is 13.0. The summed E-state index contributed by atoms with van der Waals surface area (Å²) >= 11 is 1.67. The van der Waals surface area contributed by atoms with Crippen LogP contribution in [-0.4, -0.2) is 25.2 Å². The number of methoxy groups -OCH3 is 1. The van der Waals surface area contributed by atoms with Gasteiger partial charge in [0, 0.05) is 16.1 Å². The SMILES string of the molecule is COC(=O)c1ccc2c(c1)NC(=O)/C2=C(\Nc1ccc(SC)cc1)c1ccccc1. The summed E-state index contributed by atoms with van der Waals surface area (Å²) in [5.41, 5.74) is 4.72. The van der Waals surface area contributed by atoms with Crippen molar-refractivity contribution >= 4 is 46.3 Å². The lowest BCUT2D eigenvalue weighted by Gasteiger charge is -2.15. The van der Waals surface area contributed by atoms with Crippen LogP contribution in [0.25, 0.3) is 11.3 Å². The first kappa shape index (κ1) is 19.8. The monoisotopic (exact) mass is 416 g/mol. The van der Waals surface area contributed by atoms with Gasteiger partial charge in [0.15, 0.2) is 0 Å². The zero-order valence-corrected chi connectivity index (χ0v) is 17.4. The van der Waals surface area contributed by atoms with Crippen LogP contribution < -0.4 is 10.6 Å². The fourth-order valence-electron chi connectivity index (χ4n) is 3.37. The van der Waals surface area contributed by atoms with Crippen LogP contribution in [0, 0.1) is 0 Å². The van der Waals surface area contributed by atoms with Gasteiger partial charge in [0.25, 0.3) is 5.91 Å². The van der Waals surface area contributed by atoms with Crippen molar-refractivity contribution in [1.29, 1.82) is 0 Å². The standard InChI is InChI=1S/C24H20N2O3S/c1-29-24(28)16-8-13-19-20(14-16)26-23(27)21(19)22(15-6-4-3-5-7-15)25-17-9-11-18(30-2)12-10-17/h3-14,25H,1-2H3,(H,26,27)/b22-21-. The molecule has 5 nitrogen and oxygen atoms in total. The molecule has 30 heavy (non-hydrogen) atoms. The van der Waals surface area contributed by atoms with Crippen LogP contribution in [0.2, 0.25) is 0 Å². The maximum Gasteiger partial charge on any atom is 0.337 e. The Bertz CT molecular complexity index is 1140. The molecule has 6 heteroatoms. The van der Waals surface area contributed by atoms with E-state index in [1.807, 2.05) is 60.9 Å². The number of esters is 1. The fraction of sp³-hybridized carbons (Fsp3) is 0.0833. The zero-order valence-electron chi connectivity index (χ0n) is 16.6. The van der Waals surface area contributed by atoms with E-state index in [1.165, 1.54) is 7.11 Å². The summed E-state index contributed by atoms with van der Waals surface area (Å²) in [7, 11) is 1.33. The number of rotatable bonds is 5. The van der Waals surface area contributed by atoms with Crippen LogP contribution in [0.15, 0.2) is 77.7 Å². The molecule has 2 N–H and O–H groups in total. The van der Waals surface area contributed by atoms with Gasteiger partial charge in [-0.3, -0.25) is 4.79 Å². The average Bonchev–Trinajstić information content (AvgIpc) is 3.12. The first-order chi connectivity index (χ1) is 14.6. The molecule has 0 spiro atoms. The van der Waals surface area contributed by atoms with Crippen LogP contribution in [0.4, 0.5) is 11.4 Å². The molecule has 0 bridgehead atoms. The minimum absolute atomic E-state index is 0.223. The molecule has 0 saturated heterocycles. The van der Waals surface area contributed by atoms with E-state index in [4.69, 9.17) is 4.74 Å². The van der Waals surface area contributed by atoms with Gasteiger partial charge in [-0.1, -0.05) is 36.4 Å². The number of carbonyl (C=O) groups excluding carboxylic acids is 2. The zero-order chi connectivity index (χ0) is 21.1. The van der Waals surface area contributed by atoms with E-state index in [2.05, 4.69) is 10.6 Å². The maximum absolute atomic E-state index is 13.0. The summed E-state index contributed by atoms with van der Waals surface area (Å²) in [6.45, 7) is 0. The molecular weight excluding hydrogens is 396 g/mol. The number of ether oxygens (including phenoxy) is 1. The Hall–Kier alpha value is -3.51. The molecule has 0 saturated carbocycles. The Kier molecular flexibility index (Phi) is 5.59. The van der Waals surface area contributed by atoms with Gasteiger partial charge in [0.1, 0.15) is 0 Å². The van der Waals surface area contributed by atoms with Crippen LogP contribution in [0.1, 0.15) is 21.5 Å². The summed E-state index contributed by atoms with van der Waals surface area (Å²) in [6.07, 6.45) is 2.03. The van der Waals surface area contributed by atoms with E-state index < -0.39 is 5.97 Å². The van der Waals surface area contributed by atoms with Crippen molar-refractivity contribution in [3.05, 3.63) is 89.5 Å². The quantitative estimate of drug-likeness (QED) is 0.343. The molecular formula is C24H20N2O3S. The van der Waals surface area contributed by atoms with Gasteiger partial charge in [-0.25, -0.2) is 4.79 Å². The molecule has 0 aliphatic carbocycles. The molecule has 4 rings (SSSR count). The van der Waals surface area contributed by atoms with E-state index in [1.54, 1.807) is 30.0 Å². The Morgan fingerprint density at radius 1 is 0.967 bits per heavy atom. The molecule has 1 heterocycles. The first-order valence-electron chi connectivity index (χ1n) is 9.35. The summed E-state index contributed by atoms with van der Waals surface area (Å²) in [6, 6.07) is 22.8. The van der Waals surface area contributed by atoms with Crippen molar-refractivity contribution in [2.45, 2.75) is 4.90 Å². The topological polar surface area (TPSA) is 67.4 Å². The highest BCUT2D eigenvalue weighted by Crippen LogP contribution is 2.38. The second-order valence-corrected chi connectivity index (χ2v) is 7.56. The van der Waals surface area contributed by atoms with Gasteiger partial charge in [-0.05, 0) is 48.2 Å². The number of hydrogen-bond donors (Lipinski definition) is 2. The van der Waals surface area contributed by atoms with E-state index in [9.17, 15) is 9.59 Å². The van der Waals surface area contributed by atoms with Crippen molar-refractivity contribution < 1.29 is 14.3 Å². The molecule has 3 aromatic rings. The Morgan fingerprint density at radius 2 is 1.70 bits per heavy atom. The second kappa shape index (κ2) is 8.47. The smallest absolute Gasteiger partial charge is 0.337 e. The van der Waals surface area contributed by atoms with Gasteiger partial charge in [0.05, 0.1) is 29.6 Å². The highest BCUT2D eigenvalue weighted by atomic mass is 32.2. The summed E-state index contributed by atoms with van der Waals surface area (Å²) < 4.78 is 4.79. The van der Waals surface area contributed by atoms with Gasteiger partial charge in [0.2, 0.25) is 0 Å². The number of fused-ring (bicyclic) bond motifs is 1. The van der Waals surface area contributed by atoms with Crippen molar-refractivity contribution in [1.82, 2.24) is 0 Å². The molecule has 0 radical (unpaired) electrons. The third-order valence-electron chi connectivity index (χ3n) is 4.86. The Morgan fingerprint density at radius 3 is 2.37 bits per heavy atom. The average molecular weight is 417 g/mol. The fourth-order valence-corrected chi connectivity index (χ4v) is 3.78. The molecule has 3 aromatic carbocycles. The minimum Gasteiger partial charge on any atom is -0.465 e. The molecule has 0 unspecified atom stereocenters. The van der Waals surface area contributed by atoms with E-state index in [0.717, 1.165) is 21.7 Å². The van der Waals surface area contributed by atoms with Crippen molar-refractivity contribution in [3.63, 3.8) is 0 Å². The number of amides is 1. The molecule has 1 aliphatic rings. The molecule has 1 amide bonds. The number of hydrogen-bond acceptors (Lipinski definition) is 5. The highest BCUT2D eigenvalue weighted by Gasteiger charge is 2.29. The first-order valence-corrected chi connectivity index (χ1v) is 10.6. The molecule has 150 valence electrons. The number of benzene rings is 3. The van der Waals surface area contributed by atoms with Gasteiger partial charge < -0.3 is 15.4 Å². The van der Waals surface area contributed by atoms with Gasteiger partial charge >= 0.3 is 5.97 Å². The minimum atomic E-state index is -0.445. The van der Waals surface area contributed by atoms with E-state index in [0.29, 0.717) is 22.5 Å². The lowest BCUT2D eigenvalue weighted by Crippen LogP contribution is -2.10. The van der Waals surface area contributed by atoms with Crippen LogP contribution >= 0.6 is 11.8 Å². The molecule has 0 atom stereocenters. The van der Waals surface area contributed by atoms with Crippen LogP contribution in [0.5, 0.6) is 0 Å². The van der Waals surface area contributed by atoms with Crippen molar-refractivity contribution in [2.24, 2.45) is 0 Å². The number of anilines is 2. The van der Waals surface area contributed by atoms with Crippen molar-refractivity contribution in [3.8, 4) is 0 Å². The molecule has 0 aromatic heterocycles. The molecule has 0 fully saturated rings. The lowest BCUT2D eigenvalue weighted by molar-refractivity contribution is -0.110. The normalized spacial score (nSPS) is 14.0. The Labute approximate surface area is 179 Å². The number of thioether (sulfide) groups is 1. The van der Waals surface area contributed by atoms with E-state index in [-0.39, 0.29) is 5.91 Å². The third-order valence-corrected chi connectivity index (χ3v) is 5.60. The predicted molar refractivity (Wildman–Crippen MR) is 122 cm³/mol.